The second-order valence-electron chi connectivity index (χ2n) is 5.51. The molecule has 3 rings (SSSR count). The molecule has 0 saturated heterocycles. The second-order valence-corrected chi connectivity index (χ2v) is 5.51. The summed E-state index contributed by atoms with van der Waals surface area (Å²) in [6, 6.07) is 22.7. The normalized spacial score (nSPS) is 10.2. The van der Waals surface area contributed by atoms with Gasteiger partial charge in [0.05, 0.1) is 12.7 Å². The minimum atomic E-state index is -0.406. The molecule has 0 N–H and O–H groups in total. The van der Waals surface area contributed by atoms with Gasteiger partial charge in [-0.1, -0.05) is 48.0 Å². The van der Waals surface area contributed by atoms with Crippen molar-refractivity contribution in [2.75, 3.05) is 7.11 Å². The molecule has 0 radical (unpaired) electrons. The second kappa shape index (κ2) is 7.01. The van der Waals surface area contributed by atoms with Crippen LogP contribution in [-0.4, -0.2) is 13.1 Å². The highest BCUT2D eigenvalue weighted by Crippen LogP contribution is 2.23. The largest absolute Gasteiger partial charge is 0.497 e. The molecule has 0 aromatic heterocycles. The fraction of sp³-hybridized carbons (Fsp3) is 0.0952. The minimum absolute atomic E-state index is 0.406. The Labute approximate surface area is 141 Å². The third-order valence-corrected chi connectivity index (χ3v) is 3.76. The summed E-state index contributed by atoms with van der Waals surface area (Å²) in [6.45, 7) is 2.06. The number of benzene rings is 3. The number of esters is 1. The number of carbonyl (C=O) groups is 1. The molecule has 0 aliphatic rings. The zero-order chi connectivity index (χ0) is 16.9. The van der Waals surface area contributed by atoms with Gasteiger partial charge in [-0.3, -0.25) is 0 Å². The van der Waals surface area contributed by atoms with Crippen LogP contribution in [0.15, 0.2) is 72.8 Å². The van der Waals surface area contributed by atoms with Gasteiger partial charge in [0.1, 0.15) is 11.5 Å². The molecule has 0 aliphatic heterocycles. The fourth-order valence-corrected chi connectivity index (χ4v) is 2.38. The summed E-state index contributed by atoms with van der Waals surface area (Å²) in [7, 11) is 1.56. The van der Waals surface area contributed by atoms with Gasteiger partial charge < -0.3 is 9.47 Å². The first kappa shape index (κ1) is 15.8. The standard InChI is InChI=1S/C21H18O3/c1-15-6-8-16(9-7-15)17-10-12-19(13-11-17)24-21(22)18-4-3-5-20(14-18)23-2/h3-14H,1-2H3. The first-order valence-electron chi connectivity index (χ1n) is 7.69. The number of aryl methyl sites for hydroxylation is 1. The van der Waals surface area contributed by atoms with Crippen LogP contribution in [0.4, 0.5) is 0 Å². The lowest BCUT2D eigenvalue weighted by molar-refractivity contribution is 0.0734. The average Bonchev–Trinajstić information content (AvgIpc) is 2.63. The van der Waals surface area contributed by atoms with E-state index in [1.54, 1.807) is 43.5 Å². The molecule has 3 aromatic rings. The van der Waals surface area contributed by atoms with Gasteiger partial charge in [0.15, 0.2) is 0 Å². The summed E-state index contributed by atoms with van der Waals surface area (Å²) >= 11 is 0. The smallest absolute Gasteiger partial charge is 0.343 e. The Bertz CT molecular complexity index is 834. The molecule has 0 unspecified atom stereocenters. The van der Waals surface area contributed by atoms with E-state index in [2.05, 4.69) is 31.2 Å². The van der Waals surface area contributed by atoms with Gasteiger partial charge in [-0.2, -0.15) is 0 Å². The molecule has 0 heterocycles. The number of hydrogen-bond acceptors (Lipinski definition) is 3. The molecule has 3 nitrogen and oxygen atoms in total. The first-order chi connectivity index (χ1) is 11.7. The number of hydrogen-bond donors (Lipinski definition) is 0. The lowest BCUT2D eigenvalue weighted by atomic mass is 10.0. The van der Waals surface area contributed by atoms with Crippen molar-refractivity contribution in [3.63, 3.8) is 0 Å². The fourth-order valence-electron chi connectivity index (χ4n) is 2.38. The number of carbonyl (C=O) groups excluding carboxylic acids is 1. The number of rotatable bonds is 4. The van der Waals surface area contributed by atoms with Gasteiger partial charge >= 0.3 is 5.97 Å². The van der Waals surface area contributed by atoms with Crippen molar-refractivity contribution in [1.29, 1.82) is 0 Å². The Kier molecular flexibility index (Phi) is 4.62. The lowest BCUT2D eigenvalue weighted by Crippen LogP contribution is -2.08. The van der Waals surface area contributed by atoms with Crippen molar-refractivity contribution in [2.24, 2.45) is 0 Å². The van der Waals surface area contributed by atoms with Crippen molar-refractivity contribution in [3.8, 4) is 22.6 Å². The van der Waals surface area contributed by atoms with Crippen molar-refractivity contribution < 1.29 is 14.3 Å². The Hall–Kier alpha value is -3.07. The van der Waals surface area contributed by atoms with Crippen LogP contribution in [0, 0.1) is 6.92 Å². The zero-order valence-corrected chi connectivity index (χ0v) is 13.7. The number of ether oxygens (including phenoxy) is 2. The number of methoxy groups -OCH3 is 1. The molecule has 0 aliphatic carbocycles. The predicted molar refractivity (Wildman–Crippen MR) is 94.6 cm³/mol. The van der Waals surface area contributed by atoms with Crippen LogP contribution >= 0.6 is 0 Å². The van der Waals surface area contributed by atoms with E-state index >= 15 is 0 Å². The molecule has 120 valence electrons. The van der Waals surface area contributed by atoms with E-state index in [9.17, 15) is 4.79 Å². The SMILES string of the molecule is COc1cccc(C(=O)Oc2ccc(-c3ccc(C)cc3)cc2)c1. The summed E-state index contributed by atoms with van der Waals surface area (Å²) in [5.41, 5.74) is 3.89. The molecule has 0 atom stereocenters. The first-order valence-corrected chi connectivity index (χ1v) is 7.69. The van der Waals surface area contributed by atoms with Gasteiger partial charge in [0.25, 0.3) is 0 Å². The van der Waals surface area contributed by atoms with Crippen LogP contribution in [0.1, 0.15) is 15.9 Å². The summed E-state index contributed by atoms with van der Waals surface area (Å²) in [5.74, 6) is 0.731. The van der Waals surface area contributed by atoms with Gasteiger partial charge in [0.2, 0.25) is 0 Å². The molecule has 3 heteroatoms. The third kappa shape index (κ3) is 3.63. The molecular formula is C21H18O3. The van der Waals surface area contributed by atoms with Crippen molar-refractivity contribution in [3.05, 3.63) is 83.9 Å². The van der Waals surface area contributed by atoms with E-state index in [0.29, 0.717) is 17.1 Å². The summed E-state index contributed by atoms with van der Waals surface area (Å²) in [4.78, 5) is 12.2. The van der Waals surface area contributed by atoms with Gasteiger partial charge in [-0.05, 0) is 48.4 Å². The summed E-state index contributed by atoms with van der Waals surface area (Å²) in [5, 5.41) is 0. The highest BCUT2D eigenvalue weighted by molar-refractivity contribution is 5.91. The summed E-state index contributed by atoms with van der Waals surface area (Å²) in [6.07, 6.45) is 0. The monoisotopic (exact) mass is 318 g/mol. The van der Waals surface area contributed by atoms with Crippen LogP contribution < -0.4 is 9.47 Å². The van der Waals surface area contributed by atoms with Crippen LogP contribution in [-0.2, 0) is 0 Å². The van der Waals surface area contributed by atoms with Gasteiger partial charge in [0, 0.05) is 0 Å². The molecule has 0 bridgehead atoms. The predicted octanol–water partition coefficient (Wildman–Crippen LogP) is 4.89. The van der Waals surface area contributed by atoms with Crippen molar-refractivity contribution >= 4 is 5.97 Å². The Morgan fingerprint density at radius 1 is 0.792 bits per heavy atom. The van der Waals surface area contributed by atoms with E-state index in [-0.39, 0.29) is 0 Å². The zero-order valence-electron chi connectivity index (χ0n) is 13.7. The van der Waals surface area contributed by atoms with Crippen molar-refractivity contribution in [2.45, 2.75) is 6.92 Å². The third-order valence-electron chi connectivity index (χ3n) is 3.76. The van der Waals surface area contributed by atoms with E-state index in [1.807, 2.05) is 12.1 Å². The maximum absolute atomic E-state index is 12.2. The maximum Gasteiger partial charge on any atom is 0.343 e. The molecule has 0 amide bonds. The van der Waals surface area contributed by atoms with Crippen LogP contribution in [0.3, 0.4) is 0 Å². The van der Waals surface area contributed by atoms with Gasteiger partial charge in [-0.15, -0.1) is 0 Å². The topological polar surface area (TPSA) is 35.5 Å². The van der Waals surface area contributed by atoms with E-state index in [1.165, 1.54) is 5.56 Å². The highest BCUT2D eigenvalue weighted by Gasteiger charge is 2.09. The Morgan fingerprint density at radius 3 is 2.04 bits per heavy atom. The Morgan fingerprint density at radius 2 is 1.42 bits per heavy atom. The quantitative estimate of drug-likeness (QED) is 0.507. The molecule has 24 heavy (non-hydrogen) atoms. The van der Waals surface area contributed by atoms with Gasteiger partial charge in [-0.25, -0.2) is 4.79 Å². The molecule has 0 fully saturated rings. The van der Waals surface area contributed by atoms with E-state index < -0.39 is 5.97 Å². The Balaban J connectivity index is 1.73. The molecule has 0 spiro atoms. The van der Waals surface area contributed by atoms with Crippen LogP contribution in [0.2, 0.25) is 0 Å². The highest BCUT2D eigenvalue weighted by atomic mass is 16.5. The minimum Gasteiger partial charge on any atom is -0.497 e. The van der Waals surface area contributed by atoms with Crippen LogP contribution in [0.25, 0.3) is 11.1 Å². The summed E-state index contributed by atoms with van der Waals surface area (Å²) < 4.78 is 10.5. The maximum atomic E-state index is 12.2. The van der Waals surface area contributed by atoms with E-state index in [4.69, 9.17) is 9.47 Å². The molecule has 0 saturated carbocycles. The van der Waals surface area contributed by atoms with Crippen molar-refractivity contribution in [1.82, 2.24) is 0 Å². The average molecular weight is 318 g/mol. The van der Waals surface area contributed by atoms with E-state index in [0.717, 1.165) is 11.1 Å². The molecular weight excluding hydrogens is 300 g/mol. The molecule has 3 aromatic carbocycles. The lowest BCUT2D eigenvalue weighted by Gasteiger charge is -2.07. The van der Waals surface area contributed by atoms with Crippen LogP contribution in [0.5, 0.6) is 11.5 Å².